The van der Waals surface area contributed by atoms with Gasteiger partial charge in [-0.3, -0.25) is 0 Å². The van der Waals surface area contributed by atoms with Gasteiger partial charge in [0, 0.05) is 0 Å². The van der Waals surface area contributed by atoms with Crippen LogP contribution in [0.3, 0.4) is 0 Å². The van der Waals surface area contributed by atoms with E-state index in [0.717, 1.165) is 31.6 Å². The fraction of sp³-hybridized carbons (Fsp3) is 1.00. The van der Waals surface area contributed by atoms with Crippen molar-refractivity contribution in [1.29, 1.82) is 0 Å². The Balaban J connectivity index is 0.000000640. The van der Waals surface area contributed by atoms with Crippen LogP contribution in [0.15, 0.2) is 0 Å². The van der Waals surface area contributed by atoms with Crippen molar-refractivity contribution in [2.75, 3.05) is 0 Å². The molecule has 56 valence electrons. The summed E-state index contributed by atoms with van der Waals surface area (Å²) in [5, 5.41) is 0. The zero-order chi connectivity index (χ0) is 5.98. The van der Waals surface area contributed by atoms with Gasteiger partial charge in [-0.15, -0.1) is 0 Å². The highest BCUT2D eigenvalue weighted by Crippen LogP contribution is 2.24. The van der Waals surface area contributed by atoms with Gasteiger partial charge in [-0.05, 0) is 31.6 Å². The third kappa shape index (κ3) is 2.80. The Bertz CT molecular complexity index is 57.3. The molecule has 0 amide bonds. The Kier molecular flexibility index (Phi) is 3.78. The molecule has 1 rings (SSSR count). The zero-order valence-corrected chi connectivity index (χ0v) is 5.86. The standard InChI is InChI=1S/C7H13F.H2O/c1-6-2-4-7(8)5-3-6;/h6-7H,2-5H2,1H3;1H2. The van der Waals surface area contributed by atoms with E-state index < -0.39 is 6.17 Å². The van der Waals surface area contributed by atoms with Gasteiger partial charge in [0.15, 0.2) is 0 Å². The van der Waals surface area contributed by atoms with Crippen LogP contribution >= 0.6 is 0 Å². The Labute approximate surface area is 55.6 Å². The molecule has 1 saturated carbocycles. The van der Waals surface area contributed by atoms with Crippen LogP contribution in [0.4, 0.5) is 4.39 Å². The average molecular weight is 134 g/mol. The molecule has 0 aromatic carbocycles. The summed E-state index contributed by atoms with van der Waals surface area (Å²) in [7, 11) is 0. The molecule has 0 saturated heterocycles. The second-order valence-corrected chi connectivity index (χ2v) is 2.86. The maximum Gasteiger partial charge on any atom is 0.100 e. The van der Waals surface area contributed by atoms with Crippen molar-refractivity contribution in [3.05, 3.63) is 0 Å². The molecule has 1 aliphatic rings. The van der Waals surface area contributed by atoms with Crippen LogP contribution in [-0.2, 0) is 0 Å². The molecule has 1 fully saturated rings. The van der Waals surface area contributed by atoms with Crippen molar-refractivity contribution in [2.24, 2.45) is 5.92 Å². The highest BCUT2D eigenvalue weighted by molar-refractivity contribution is 4.67. The molecule has 2 heteroatoms. The van der Waals surface area contributed by atoms with Crippen LogP contribution < -0.4 is 0 Å². The topological polar surface area (TPSA) is 31.5 Å². The predicted octanol–water partition coefficient (Wildman–Crippen LogP) is 1.71. The molecule has 0 atom stereocenters. The summed E-state index contributed by atoms with van der Waals surface area (Å²) in [5.74, 6) is 0.780. The monoisotopic (exact) mass is 134 g/mol. The third-order valence-electron chi connectivity index (χ3n) is 1.95. The summed E-state index contributed by atoms with van der Waals surface area (Å²) in [4.78, 5) is 0. The fourth-order valence-electron chi connectivity index (χ4n) is 1.22. The van der Waals surface area contributed by atoms with Crippen LogP contribution in [-0.4, -0.2) is 11.6 Å². The number of hydrogen-bond donors (Lipinski definition) is 0. The number of rotatable bonds is 0. The van der Waals surface area contributed by atoms with Gasteiger partial charge in [-0.25, -0.2) is 4.39 Å². The van der Waals surface area contributed by atoms with Gasteiger partial charge in [0.25, 0.3) is 0 Å². The number of hydrogen-bond acceptors (Lipinski definition) is 0. The lowest BCUT2D eigenvalue weighted by Gasteiger charge is -2.19. The van der Waals surface area contributed by atoms with Crippen molar-refractivity contribution in [3.63, 3.8) is 0 Å². The Morgan fingerprint density at radius 2 is 1.56 bits per heavy atom. The van der Waals surface area contributed by atoms with Gasteiger partial charge in [0.05, 0.1) is 0 Å². The van der Waals surface area contributed by atoms with Gasteiger partial charge in [-0.2, -0.15) is 0 Å². The SMILES string of the molecule is CC1CCC(F)CC1.O. The Morgan fingerprint density at radius 1 is 1.11 bits per heavy atom. The number of halogens is 1. The van der Waals surface area contributed by atoms with Crippen molar-refractivity contribution in [3.8, 4) is 0 Å². The highest BCUT2D eigenvalue weighted by Gasteiger charge is 2.16. The molecule has 0 bridgehead atoms. The highest BCUT2D eigenvalue weighted by atomic mass is 19.1. The molecule has 0 aliphatic heterocycles. The average Bonchev–Trinajstić information content (AvgIpc) is 1.77. The lowest BCUT2D eigenvalue weighted by Crippen LogP contribution is -2.11. The van der Waals surface area contributed by atoms with Crippen LogP contribution in [0.25, 0.3) is 0 Å². The van der Waals surface area contributed by atoms with Crippen molar-refractivity contribution in [1.82, 2.24) is 0 Å². The minimum atomic E-state index is -0.480. The zero-order valence-electron chi connectivity index (χ0n) is 5.86. The molecule has 0 heterocycles. The Morgan fingerprint density at radius 3 is 1.89 bits per heavy atom. The molecule has 0 radical (unpaired) electrons. The van der Waals surface area contributed by atoms with Crippen molar-refractivity contribution >= 4 is 0 Å². The quantitative estimate of drug-likeness (QED) is 0.483. The third-order valence-corrected chi connectivity index (χ3v) is 1.95. The first kappa shape index (κ1) is 8.89. The molecule has 0 aromatic heterocycles. The molecular weight excluding hydrogens is 119 g/mol. The second-order valence-electron chi connectivity index (χ2n) is 2.86. The lowest BCUT2D eigenvalue weighted by atomic mass is 9.90. The second kappa shape index (κ2) is 3.83. The first-order valence-corrected chi connectivity index (χ1v) is 3.43. The van der Waals surface area contributed by atoms with Gasteiger partial charge in [-0.1, -0.05) is 6.92 Å². The molecule has 1 aliphatic carbocycles. The summed E-state index contributed by atoms with van der Waals surface area (Å²) in [6, 6.07) is 0. The molecule has 0 spiro atoms. The summed E-state index contributed by atoms with van der Waals surface area (Å²) in [6.45, 7) is 2.20. The minimum absolute atomic E-state index is 0. The van der Waals surface area contributed by atoms with E-state index in [2.05, 4.69) is 6.92 Å². The molecular formula is C7H15FO. The van der Waals surface area contributed by atoms with Gasteiger partial charge in [0.1, 0.15) is 6.17 Å². The van der Waals surface area contributed by atoms with Crippen LogP contribution in [0.2, 0.25) is 0 Å². The summed E-state index contributed by atoms with van der Waals surface area (Å²) in [6.07, 6.45) is 3.33. The number of alkyl halides is 1. The first-order valence-electron chi connectivity index (χ1n) is 3.43. The van der Waals surface area contributed by atoms with Crippen molar-refractivity contribution < 1.29 is 9.87 Å². The van der Waals surface area contributed by atoms with Gasteiger partial charge < -0.3 is 5.48 Å². The van der Waals surface area contributed by atoms with E-state index in [1.54, 1.807) is 0 Å². The molecule has 2 N–H and O–H groups in total. The summed E-state index contributed by atoms with van der Waals surface area (Å²) in [5.41, 5.74) is 0. The maximum atomic E-state index is 12.4. The van der Waals surface area contributed by atoms with Crippen LogP contribution in [0.5, 0.6) is 0 Å². The Hall–Kier alpha value is -0.110. The first-order chi connectivity index (χ1) is 3.79. The minimum Gasteiger partial charge on any atom is -0.412 e. The maximum absolute atomic E-state index is 12.4. The predicted molar refractivity (Wildman–Crippen MR) is 36.1 cm³/mol. The summed E-state index contributed by atoms with van der Waals surface area (Å²) >= 11 is 0. The summed E-state index contributed by atoms with van der Waals surface area (Å²) < 4.78 is 12.4. The largest absolute Gasteiger partial charge is 0.412 e. The van der Waals surface area contributed by atoms with Crippen molar-refractivity contribution in [2.45, 2.75) is 38.8 Å². The van der Waals surface area contributed by atoms with Gasteiger partial charge >= 0.3 is 0 Å². The van der Waals surface area contributed by atoms with Crippen LogP contribution in [0.1, 0.15) is 32.6 Å². The molecule has 1 nitrogen and oxygen atoms in total. The van der Waals surface area contributed by atoms with E-state index in [9.17, 15) is 4.39 Å². The lowest BCUT2D eigenvalue weighted by molar-refractivity contribution is 0.215. The molecule has 9 heavy (non-hydrogen) atoms. The molecule has 0 unspecified atom stereocenters. The molecule has 0 aromatic rings. The van der Waals surface area contributed by atoms with E-state index in [0.29, 0.717) is 0 Å². The van der Waals surface area contributed by atoms with E-state index in [-0.39, 0.29) is 5.48 Å². The normalized spacial score (nSPS) is 35.3. The fourth-order valence-corrected chi connectivity index (χ4v) is 1.22. The van der Waals surface area contributed by atoms with E-state index in [1.807, 2.05) is 0 Å². The van der Waals surface area contributed by atoms with Gasteiger partial charge in [0.2, 0.25) is 0 Å². The van der Waals surface area contributed by atoms with E-state index in [1.165, 1.54) is 0 Å². The van der Waals surface area contributed by atoms with Crippen LogP contribution in [0, 0.1) is 5.92 Å². The van der Waals surface area contributed by atoms with E-state index >= 15 is 0 Å². The van der Waals surface area contributed by atoms with E-state index in [4.69, 9.17) is 0 Å². The smallest absolute Gasteiger partial charge is 0.100 e.